The second-order valence-corrected chi connectivity index (χ2v) is 9.22. The van der Waals surface area contributed by atoms with E-state index in [9.17, 15) is 19.2 Å². The van der Waals surface area contributed by atoms with Crippen molar-refractivity contribution in [3.63, 3.8) is 0 Å². The van der Waals surface area contributed by atoms with Gasteiger partial charge in [0, 0.05) is 36.3 Å². The van der Waals surface area contributed by atoms with Gasteiger partial charge in [0.15, 0.2) is 11.9 Å². The molecule has 0 N–H and O–H groups in total. The first-order chi connectivity index (χ1) is 18.1. The SMILES string of the molecule is C=C(C)C(=O)OCC(COC(=O)CCN(C)CCN(C)C)OC(=O)c1cccc(C(=O)c2ccccc2)c1. The van der Waals surface area contributed by atoms with Crippen LogP contribution in [0, 0.1) is 0 Å². The van der Waals surface area contributed by atoms with E-state index in [0.717, 1.165) is 13.1 Å². The summed E-state index contributed by atoms with van der Waals surface area (Å²) in [6.07, 6.45) is -0.894. The molecule has 9 heteroatoms. The molecule has 1 unspecified atom stereocenters. The molecule has 2 aromatic carbocycles. The Bertz CT molecular complexity index is 1110. The number of rotatable bonds is 15. The van der Waals surface area contributed by atoms with Crippen molar-refractivity contribution in [1.82, 2.24) is 9.80 Å². The lowest BCUT2D eigenvalue weighted by atomic mass is 10.0. The number of esters is 3. The van der Waals surface area contributed by atoms with E-state index >= 15 is 0 Å². The van der Waals surface area contributed by atoms with Crippen LogP contribution in [0.3, 0.4) is 0 Å². The molecule has 0 aliphatic rings. The fourth-order valence-corrected chi connectivity index (χ4v) is 3.19. The number of carbonyl (C=O) groups is 4. The summed E-state index contributed by atoms with van der Waals surface area (Å²) >= 11 is 0. The van der Waals surface area contributed by atoms with Crippen LogP contribution in [0.5, 0.6) is 0 Å². The lowest BCUT2D eigenvalue weighted by Crippen LogP contribution is -2.33. The van der Waals surface area contributed by atoms with Crippen molar-refractivity contribution in [3.8, 4) is 0 Å². The Hall–Kier alpha value is -3.82. The highest BCUT2D eigenvalue weighted by Crippen LogP contribution is 2.14. The normalized spacial score (nSPS) is 11.6. The molecule has 2 aromatic rings. The number of hydrogen-bond acceptors (Lipinski definition) is 9. The number of carbonyl (C=O) groups excluding carboxylic acids is 4. The Morgan fingerprint density at radius 1 is 0.816 bits per heavy atom. The maximum atomic E-state index is 12.9. The average Bonchev–Trinajstić information content (AvgIpc) is 2.91. The molecule has 38 heavy (non-hydrogen) atoms. The van der Waals surface area contributed by atoms with Crippen LogP contribution in [0.2, 0.25) is 0 Å². The van der Waals surface area contributed by atoms with Crippen LogP contribution >= 0.6 is 0 Å². The third-order valence-corrected chi connectivity index (χ3v) is 5.48. The van der Waals surface area contributed by atoms with Gasteiger partial charge in [0.1, 0.15) is 13.2 Å². The summed E-state index contributed by atoms with van der Waals surface area (Å²) in [6.45, 7) is 6.56. The van der Waals surface area contributed by atoms with Gasteiger partial charge in [-0.2, -0.15) is 0 Å². The Morgan fingerprint density at radius 2 is 1.45 bits per heavy atom. The van der Waals surface area contributed by atoms with Gasteiger partial charge in [-0.05, 0) is 40.2 Å². The summed E-state index contributed by atoms with van der Waals surface area (Å²) in [6, 6.07) is 14.8. The van der Waals surface area contributed by atoms with E-state index in [1.165, 1.54) is 19.1 Å². The maximum absolute atomic E-state index is 12.9. The van der Waals surface area contributed by atoms with Crippen LogP contribution in [0.15, 0.2) is 66.7 Å². The first-order valence-electron chi connectivity index (χ1n) is 12.3. The minimum absolute atomic E-state index is 0.136. The average molecular weight is 525 g/mol. The van der Waals surface area contributed by atoms with Gasteiger partial charge in [0.25, 0.3) is 0 Å². The quantitative estimate of drug-likeness (QED) is 0.151. The zero-order valence-corrected chi connectivity index (χ0v) is 22.5. The van der Waals surface area contributed by atoms with E-state index < -0.39 is 24.0 Å². The van der Waals surface area contributed by atoms with Gasteiger partial charge in [0.2, 0.25) is 0 Å². The third-order valence-electron chi connectivity index (χ3n) is 5.48. The molecule has 1 atom stereocenters. The number of nitrogens with zero attached hydrogens (tertiary/aromatic N) is 2. The highest BCUT2D eigenvalue weighted by atomic mass is 16.6. The second-order valence-electron chi connectivity index (χ2n) is 9.22. The van der Waals surface area contributed by atoms with E-state index in [2.05, 4.69) is 6.58 Å². The second kappa shape index (κ2) is 15.4. The van der Waals surface area contributed by atoms with E-state index in [-0.39, 0.29) is 36.6 Å². The Kier molecular flexibility index (Phi) is 12.4. The molecule has 0 aliphatic carbocycles. The molecule has 2 rings (SSSR count). The van der Waals surface area contributed by atoms with E-state index in [1.807, 2.05) is 37.0 Å². The molecular formula is C29H36N2O7. The number of hydrogen-bond donors (Lipinski definition) is 0. The van der Waals surface area contributed by atoms with Crippen LogP contribution in [0.25, 0.3) is 0 Å². The first-order valence-corrected chi connectivity index (χ1v) is 12.3. The summed E-state index contributed by atoms with van der Waals surface area (Å²) in [5.41, 5.74) is 1.12. The lowest BCUT2D eigenvalue weighted by Gasteiger charge is -2.20. The monoisotopic (exact) mass is 524 g/mol. The zero-order chi connectivity index (χ0) is 28.1. The maximum Gasteiger partial charge on any atom is 0.338 e. The van der Waals surface area contributed by atoms with Crippen molar-refractivity contribution in [2.75, 3.05) is 54.0 Å². The van der Waals surface area contributed by atoms with Crippen molar-refractivity contribution in [1.29, 1.82) is 0 Å². The molecule has 0 aliphatic heterocycles. The van der Waals surface area contributed by atoms with Crippen molar-refractivity contribution in [2.24, 2.45) is 0 Å². The van der Waals surface area contributed by atoms with E-state index in [0.29, 0.717) is 17.7 Å². The minimum Gasteiger partial charge on any atom is -0.462 e. The highest BCUT2D eigenvalue weighted by Gasteiger charge is 2.22. The van der Waals surface area contributed by atoms with Gasteiger partial charge in [-0.15, -0.1) is 0 Å². The molecular weight excluding hydrogens is 488 g/mol. The molecule has 0 fully saturated rings. The predicted molar refractivity (Wildman–Crippen MR) is 143 cm³/mol. The first kappa shape index (κ1) is 30.4. The fraction of sp³-hybridized carbons (Fsp3) is 0.379. The summed E-state index contributed by atoms with van der Waals surface area (Å²) in [7, 11) is 5.86. The standard InChI is InChI=1S/C29H36N2O7/c1-21(2)28(34)37-20-25(19-36-26(32)14-15-31(5)17-16-30(3)4)38-29(35)24-13-9-12-23(18-24)27(33)22-10-7-6-8-11-22/h6-13,18,25H,1,14-17,19-20H2,2-5H3. The highest BCUT2D eigenvalue weighted by molar-refractivity contribution is 6.09. The zero-order valence-electron chi connectivity index (χ0n) is 22.5. The van der Waals surface area contributed by atoms with Crippen molar-refractivity contribution in [2.45, 2.75) is 19.4 Å². The van der Waals surface area contributed by atoms with Crippen LogP contribution in [-0.2, 0) is 23.8 Å². The van der Waals surface area contributed by atoms with Crippen LogP contribution in [-0.4, -0.2) is 93.6 Å². The van der Waals surface area contributed by atoms with Crippen LogP contribution in [0.1, 0.15) is 39.6 Å². The third kappa shape index (κ3) is 10.7. The van der Waals surface area contributed by atoms with Gasteiger partial charge >= 0.3 is 17.9 Å². The molecule has 9 nitrogen and oxygen atoms in total. The van der Waals surface area contributed by atoms with Gasteiger partial charge < -0.3 is 24.0 Å². The van der Waals surface area contributed by atoms with Gasteiger partial charge in [-0.3, -0.25) is 9.59 Å². The largest absolute Gasteiger partial charge is 0.462 e. The molecule has 0 aromatic heterocycles. The predicted octanol–water partition coefficient (Wildman–Crippen LogP) is 2.99. The van der Waals surface area contributed by atoms with Gasteiger partial charge in [0.05, 0.1) is 12.0 Å². The molecule has 0 radical (unpaired) electrons. The Labute approximate surface area is 224 Å². The van der Waals surface area contributed by atoms with Crippen LogP contribution in [0.4, 0.5) is 0 Å². The van der Waals surface area contributed by atoms with Crippen molar-refractivity contribution in [3.05, 3.63) is 83.4 Å². The summed E-state index contributed by atoms with van der Waals surface area (Å²) in [5, 5.41) is 0. The number of likely N-dealkylation sites (N-methyl/N-ethyl adjacent to an activating group) is 2. The molecule has 0 saturated carbocycles. The molecule has 204 valence electrons. The topological polar surface area (TPSA) is 102 Å². The molecule has 0 spiro atoms. The van der Waals surface area contributed by atoms with Gasteiger partial charge in [-0.1, -0.05) is 49.0 Å². The molecule has 0 amide bonds. The van der Waals surface area contributed by atoms with Crippen molar-refractivity contribution < 1.29 is 33.4 Å². The van der Waals surface area contributed by atoms with Crippen LogP contribution < -0.4 is 0 Å². The Balaban J connectivity index is 2.02. The van der Waals surface area contributed by atoms with E-state index in [4.69, 9.17) is 14.2 Å². The summed E-state index contributed by atoms with van der Waals surface area (Å²) in [5.74, 6) is -2.11. The fourth-order valence-electron chi connectivity index (χ4n) is 3.19. The minimum atomic E-state index is -1.05. The lowest BCUT2D eigenvalue weighted by molar-refractivity contribution is -0.151. The number of ketones is 1. The molecule has 0 bridgehead atoms. The van der Waals surface area contributed by atoms with Crippen molar-refractivity contribution >= 4 is 23.7 Å². The smallest absolute Gasteiger partial charge is 0.338 e. The van der Waals surface area contributed by atoms with E-state index in [1.54, 1.807) is 36.4 Å². The number of ether oxygens (including phenoxy) is 3. The summed E-state index contributed by atoms with van der Waals surface area (Å²) in [4.78, 5) is 53.9. The van der Waals surface area contributed by atoms with Gasteiger partial charge in [-0.25, -0.2) is 9.59 Å². The summed E-state index contributed by atoms with van der Waals surface area (Å²) < 4.78 is 15.9. The molecule has 0 heterocycles. The Morgan fingerprint density at radius 3 is 2.11 bits per heavy atom. The number of benzene rings is 2. The molecule has 0 saturated heterocycles.